The van der Waals surface area contributed by atoms with Gasteiger partial charge >= 0.3 is 11.9 Å². The summed E-state index contributed by atoms with van der Waals surface area (Å²) in [5, 5.41) is 0. The molecule has 5 aromatic rings. The lowest BCUT2D eigenvalue weighted by Gasteiger charge is -2.10. The number of hydrogen-bond donors (Lipinski definition) is 0. The van der Waals surface area contributed by atoms with E-state index in [9.17, 15) is 14.4 Å². The van der Waals surface area contributed by atoms with Crippen LogP contribution in [-0.2, 0) is 12.8 Å². The number of aryl methyl sites for hydroxylation is 2. The molecule has 0 bridgehead atoms. The van der Waals surface area contributed by atoms with Crippen LogP contribution in [-0.4, -0.2) is 31.9 Å². The molecule has 0 aliphatic carbocycles. The SMILES string of the molecule is C=Cc1cc(CCc2ccc(OC(=O)c3ccc(OC)cc3)cc2)cc(OC(=O)c2ccc(OC)cc2)c1.C=Cc1ccc(C(C)=O)cc1.CC. The van der Waals surface area contributed by atoms with E-state index in [4.69, 9.17) is 18.9 Å². The maximum absolute atomic E-state index is 12.6. The fourth-order valence-electron chi connectivity index (χ4n) is 4.66. The number of ether oxygens (including phenoxy) is 4. The number of hydrogen-bond acceptors (Lipinski definition) is 7. The van der Waals surface area contributed by atoms with Crippen molar-refractivity contribution in [2.24, 2.45) is 0 Å². The van der Waals surface area contributed by atoms with Crippen molar-refractivity contribution >= 4 is 29.9 Å². The summed E-state index contributed by atoms with van der Waals surface area (Å²) in [5.41, 5.74) is 5.61. The number of Topliss-reactive ketones (excluding diaryl/α,β-unsaturated/α-hetero) is 1. The summed E-state index contributed by atoms with van der Waals surface area (Å²) in [6, 6.07) is 34.0. The maximum atomic E-state index is 12.6. The molecule has 0 radical (unpaired) electrons. The maximum Gasteiger partial charge on any atom is 0.343 e. The van der Waals surface area contributed by atoms with Crippen molar-refractivity contribution in [2.45, 2.75) is 33.6 Å². The smallest absolute Gasteiger partial charge is 0.343 e. The molecule has 51 heavy (non-hydrogen) atoms. The normalized spacial score (nSPS) is 9.82. The molecule has 0 saturated heterocycles. The molecular formula is C44H44O7. The van der Waals surface area contributed by atoms with Crippen molar-refractivity contribution in [3.63, 3.8) is 0 Å². The highest BCUT2D eigenvalue weighted by molar-refractivity contribution is 5.94. The molecule has 5 rings (SSSR count). The first-order valence-electron chi connectivity index (χ1n) is 16.5. The standard InChI is InChI=1S/C32H28O6.C10H10O.C2H6/c1-4-22-19-24(21-30(20-22)38-32(34)26-11-17-28(36-3)18-12-26)6-5-23-7-13-29(14-8-23)37-31(33)25-9-15-27(35-2)16-10-25;1-3-9-4-6-10(7-5-9)8(2)11;1-2/h4,7-21H,1,5-6H2,2-3H3;3-7H,1H2,2H3;1-2H3. The summed E-state index contributed by atoms with van der Waals surface area (Å²) in [6.07, 6.45) is 4.95. The highest BCUT2D eigenvalue weighted by atomic mass is 16.5. The van der Waals surface area contributed by atoms with Crippen LogP contribution >= 0.6 is 0 Å². The van der Waals surface area contributed by atoms with Gasteiger partial charge in [-0.05, 0) is 115 Å². The average molecular weight is 685 g/mol. The first kappa shape index (κ1) is 39.2. The third kappa shape index (κ3) is 12.3. The zero-order valence-electron chi connectivity index (χ0n) is 29.8. The van der Waals surface area contributed by atoms with E-state index in [1.165, 1.54) is 0 Å². The van der Waals surface area contributed by atoms with E-state index in [2.05, 4.69) is 13.2 Å². The molecule has 0 amide bonds. The Morgan fingerprint density at radius 2 is 0.941 bits per heavy atom. The topological polar surface area (TPSA) is 88.1 Å². The Labute approximate surface area is 300 Å². The van der Waals surface area contributed by atoms with E-state index in [0.717, 1.165) is 40.7 Å². The Balaban J connectivity index is 0.000000457. The molecule has 0 aromatic heterocycles. The molecule has 262 valence electrons. The van der Waals surface area contributed by atoms with Gasteiger partial charge in [-0.25, -0.2) is 9.59 Å². The summed E-state index contributed by atoms with van der Waals surface area (Å²) in [7, 11) is 3.14. The van der Waals surface area contributed by atoms with Crippen LogP contribution in [0.1, 0.15) is 74.1 Å². The molecular weight excluding hydrogens is 640 g/mol. The fraction of sp³-hybridized carbons (Fsp3) is 0.159. The summed E-state index contributed by atoms with van der Waals surface area (Å²) < 4.78 is 21.4. The third-order valence-corrected chi connectivity index (χ3v) is 7.48. The number of rotatable bonds is 12. The van der Waals surface area contributed by atoms with Gasteiger partial charge in [0.05, 0.1) is 25.3 Å². The number of carbonyl (C=O) groups excluding carboxylic acids is 3. The molecule has 0 fully saturated rings. The molecule has 0 N–H and O–H groups in total. The highest BCUT2D eigenvalue weighted by Crippen LogP contribution is 2.23. The first-order valence-corrected chi connectivity index (χ1v) is 16.5. The number of benzene rings is 5. The molecule has 0 heterocycles. The number of carbonyl (C=O) groups is 3. The molecule has 0 aliphatic heterocycles. The van der Waals surface area contributed by atoms with Crippen LogP contribution < -0.4 is 18.9 Å². The van der Waals surface area contributed by atoms with Gasteiger partial charge in [-0.2, -0.15) is 0 Å². The van der Waals surface area contributed by atoms with Crippen LogP contribution in [0.15, 0.2) is 128 Å². The molecule has 0 spiro atoms. The van der Waals surface area contributed by atoms with Gasteiger partial charge in [-0.3, -0.25) is 4.79 Å². The van der Waals surface area contributed by atoms with Crippen LogP contribution in [0.25, 0.3) is 12.2 Å². The Morgan fingerprint density at radius 3 is 1.39 bits per heavy atom. The minimum Gasteiger partial charge on any atom is -0.497 e. The van der Waals surface area contributed by atoms with Crippen molar-refractivity contribution in [1.82, 2.24) is 0 Å². The van der Waals surface area contributed by atoms with Gasteiger partial charge in [0, 0.05) is 5.56 Å². The predicted molar refractivity (Wildman–Crippen MR) is 204 cm³/mol. The molecule has 7 heteroatoms. The van der Waals surface area contributed by atoms with Crippen LogP contribution in [0, 0.1) is 0 Å². The van der Waals surface area contributed by atoms with E-state index < -0.39 is 11.9 Å². The predicted octanol–water partition coefficient (Wildman–Crippen LogP) is 10.1. The highest BCUT2D eigenvalue weighted by Gasteiger charge is 2.12. The summed E-state index contributed by atoms with van der Waals surface area (Å²) >= 11 is 0. The van der Waals surface area contributed by atoms with E-state index in [0.29, 0.717) is 34.1 Å². The minimum atomic E-state index is -0.445. The van der Waals surface area contributed by atoms with Crippen molar-refractivity contribution in [2.75, 3.05) is 14.2 Å². The minimum absolute atomic E-state index is 0.0978. The number of esters is 2. The first-order chi connectivity index (χ1) is 24.7. The van der Waals surface area contributed by atoms with Gasteiger partial charge in [0.25, 0.3) is 0 Å². The van der Waals surface area contributed by atoms with Gasteiger partial charge in [0.15, 0.2) is 5.78 Å². The quantitative estimate of drug-likeness (QED) is 0.0734. The van der Waals surface area contributed by atoms with Crippen LogP contribution in [0.5, 0.6) is 23.0 Å². The lowest BCUT2D eigenvalue weighted by atomic mass is 10.0. The second-order valence-corrected chi connectivity index (χ2v) is 10.9. The summed E-state index contributed by atoms with van der Waals surface area (Å²) in [4.78, 5) is 35.8. The van der Waals surface area contributed by atoms with E-state index in [1.807, 2.05) is 50.2 Å². The van der Waals surface area contributed by atoms with Crippen molar-refractivity contribution < 1.29 is 33.3 Å². The average Bonchev–Trinajstić information content (AvgIpc) is 3.18. The lowest BCUT2D eigenvalue weighted by Crippen LogP contribution is -2.09. The van der Waals surface area contributed by atoms with Gasteiger partial charge in [-0.1, -0.05) is 81.6 Å². The molecule has 0 atom stereocenters. The van der Waals surface area contributed by atoms with Gasteiger partial charge < -0.3 is 18.9 Å². The summed E-state index contributed by atoms with van der Waals surface area (Å²) in [5.74, 6) is 1.49. The van der Waals surface area contributed by atoms with Crippen LogP contribution in [0.2, 0.25) is 0 Å². The van der Waals surface area contributed by atoms with E-state index in [1.54, 1.807) is 112 Å². The number of methoxy groups -OCH3 is 2. The van der Waals surface area contributed by atoms with Gasteiger partial charge in [-0.15, -0.1) is 0 Å². The second-order valence-electron chi connectivity index (χ2n) is 10.9. The molecule has 5 aromatic carbocycles. The molecule has 0 aliphatic rings. The fourth-order valence-corrected chi connectivity index (χ4v) is 4.66. The van der Waals surface area contributed by atoms with E-state index >= 15 is 0 Å². The third-order valence-electron chi connectivity index (χ3n) is 7.48. The molecule has 7 nitrogen and oxygen atoms in total. The number of ketones is 1. The Bertz CT molecular complexity index is 1890. The van der Waals surface area contributed by atoms with E-state index in [-0.39, 0.29) is 5.78 Å². The van der Waals surface area contributed by atoms with Crippen molar-refractivity contribution in [1.29, 1.82) is 0 Å². The van der Waals surface area contributed by atoms with Gasteiger partial charge in [0.1, 0.15) is 23.0 Å². The molecule has 0 unspecified atom stereocenters. The summed E-state index contributed by atoms with van der Waals surface area (Å²) in [6.45, 7) is 13.0. The Kier molecular flexibility index (Phi) is 15.6. The zero-order valence-corrected chi connectivity index (χ0v) is 29.8. The van der Waals surface area contributed by atoms with Crippen LogP contribution in [0.3, 0.4) is 0 Å². The van der Waals surface area contributed by atoms with Gasteiger partial charge in [0.2, 0.25) is 0 Å². The molecule has 0 saturated carbocycles. The zero-order chi connectivity index (χ0) is 37.2. The Morgan fingerprint density at radius 1 is 0.510 bits per heavy atom. The second kappa shape index (κ2) is 20.3. The monoisotopic (exact) mass is 684 g/mol. The van der Waals surface area contributed by atoms with Crippen LogP contribution in [0.4, 0.5) is 0 Å². The van der Waals surface area contributed by atoms with Crippen molar-refractivity contribution in [3.8, 4) is 23.0 Å². The van der Waals surface area contributed by atoms with Crippen molar-refractivity contribution in [3.05, 3.63) is 167 Å². The lowest BCUT2D eigenvalue weighted by molar-refractivity contribution is 0.0725. The Hall–Kier alpha value is -6.21. The largest absolute Gasteiger partial charge is 0.497 e.